The third-order valence-corrected chi connectivity index (χ3v) is 5.84. The van der Waals surface area contributed by atoms with Crippen molar-refractivity contribution >= 4 is 23.0 Å². The SMILES string of the molecule is O=C(CCCCC(F)CF)Nc1cccc(NCc2ccc(C(F)(F)F)cc2)c1N1CCCC1. The molecule has 34 heavy (non-hydrogen) atoms. The van der Waals surface area contributed by atoms with Crippen LogP contribution in [0.15, 0.2) is 42.5 Å². The summed E-state index contributed by atoms with van der Waals surface area (Å²) in [5.74, 6) is -0.198. The third-order valence-electron chi connectivity index (χ3n) is 5.84. The molecule has 1 aliphatic heterocycles. The summed E-state index contributed by atoms with van der Waals surface area (Å²) in [4.78, 5) is 14.7. The van der Waals surface area contributed by atoms with E-state index in [0.717, 1.165) is 49.4 Å². The average molecular weight is 484 g/mol. The zero-order chi connectivity index (χ0) is 24.6. The Bertz CT molecular complexity index is 927. The maximum absolute atomic E-state index is 13.0. The molecule has 1 saturated heterocycles. The van der Waals surface area contributed by atoms with Crippen molar-refractivity contribution in [1.29, 1.82) is 0 Å². The second-order valence-electron chi connectivity index (χ2n) is 8.49. The van der Waals surface area contributed by atoms with Gasteiger partial charge in [-0.2, -0.15) is 13.2 Å². The molecule has 1 heterocycles. The van der Waals surface area contributed by atoms with E-state index in [0.29, 0.717) is 30.6 Å². The first-order chi connectivity index (χ1) is 16.3. The Hall–Kier alpha value is -2.84. The zero-order valence-electron chi connectivity index (χ0n) is 18.9. The van der Waals surface area contributed by atoms with Crippen LogP contribution in [0.3, 0.4) is 0 Å². The van der Waals surface area contributed by atoms with E-state index in [4.69, 9.17) is 0 Å². The van der Waals surface area contributed by atoms with E-state index in [2.05, 4.69) is 15.5 Å². The lowest BCUT2D eigenvalue weighted by molar-refractivity contribution is -0.137. The largest absolute Gasteiger partial charge is 0.416 e. The molecule has 1 amide bonds. The zero-order valence-corrected chi connectivity index (χ0v) is 18.9. The molecule has 9 heteroatoms. The number of nitrogens with one attached hydrogen (secondary N) is 2. The number of hydrogen-bond acceptors (Lipinski definition) is 3. The molecule has 4 nitrogen and oxygen atoms in total. The number of anilines is 3. The number of benzene rings is 2. The maximum Gasteiger partial charge on any atom is 0.416 e. The first-order valence-corrected chi connectivity index (χ1v) is 11.6. The number of rotatable bonds is 11. The predicted octanol–water partition coefficient (Wildman–Crippen LogP) is 6.72. The van der Waals surface area contributed by atoms with Gasteiger partial charge in [-0.15, -0.1) is 0 Å². The first-order valence-electron chi connectivity index (χ1n) is 11.6. The van der Waals surface area contributed by atoms with E-state index in [9.17, 15) is 26.7 Å². The van der Waals surface area contributed by atoms with Crippen LogP contribution in [-0.4, -0.2) is 31.8 Å². The van der Waals surface area contributed by atoms with Gasteiger partial charge >= 0.3 is 6.18 Å². The highest BCUT2D eigenvalue weighted by atomic mass is 19.4. The first kappa shape index (κ1) is 25.8. The van der Waals surface area contributed by atoms with Gasteiger partial charge in [-0.1, -0.05) is 18.2 Å². The summed E-state index contributed by atoms with van der Waals surface area (Å²) in [5, 5.41) is 6.24. The quantitative estimate of drug-likeness (QED) is 0.275. The molecule has 0 aromatic heterocycles. The number of alkyl halides is 5. The van der Waals surface area contributed by atoms with Crippen LogP contribution in [0.2, 0.25) is 0 Å². The van der Waals surface area contributed by atoms with Crippen LogP contribution in [0, 0.1) is 0 Å². The second-order valence-corrected chi connectivity index (χ2v) is 8.49. The predicted molar refractivity (Wildman–Crippen MR) is 125 cm³/mol. The molecule has 1 unspecified atom stereocenters. The molecule has 0 spiro atoms. The number of halogens is 5. The summed E-state index contributed by atoms with van der Waals surface area (Å²) in [6, 6.07) is 10.5. The van der Waals surface area contributed by atoms with Gasteiger partial charge < -0.3 is 15.5 Å². The third kappa shape index (κ3) is 7.33. The van der Waals surface area contributed by atoms with Gasteiger partial charge in [0, 0.05) is 26.1 Å². The second kappa shape index (κ2) is 12.0. The van der Waals surface area contributed by atoms with Gasteiger partial charge in [-0.05, 0) is 61.9 Å². The lowest BCUT2D eigenvalue weighted by Gasteiger charge is -2.25. The van der Waals surface area contributed by atoms with Gasteiger partial charge in [0.25, 0.3) is 0 Å². The van der Waals surface area contributed by atoms with Crippen molar-refractivity contribution in [3.05, 3.63) is 53.6 Å². The Morgan fingerprint density at radius 1 is 1.00 bits per heavy atom. The van der Waals surface area contributed by atoms with Gasteiger partial charge in [-0.3, -0.25) is 4.79 Å². The van der Waals surface area contributed by atoms with E-state index in [1.807, 2.05) is 12.1 Å². The van der Waals surface area contributed by atoms with Crippen molar-refractivity contribution in [2.75, 3.05) is 35.3 Å². The smallest absolute Gasteiger partial charge is 0.379 e. The van der Waals surface area contributed by atoms with Crippen LogP contribution in [0.5, 0.6) is 0 Å². The van der Waals surface area contributed by atoms with Crippen LogP contribution >= 0.6 is 0 Å². The van der Waals surface area contributed by atoms with E-state index < -0.39 is 24.6 Å². The van der Waals surface area contributed by atoms with Crippen LogP contribution in [0.4, 0.5) is 39.0 Å². The van der Waals surface area contributed by atoms with Gasteiger partial charge in [0.15, 0.2) is 0 Å². The van der Waals surface area contributed by atoms with Crippen LogP contribution in [-0.2, 0) is 17.5 Å². The van der Waals surface area contributed by atoms with E-state index in [1.54, 1.807) is 6.07 Å². The molecule has 0 saturated carbocycles. The van der Waals surface area contributed by atoms with Crippen LogP contribution in [0.25, 0.3) is 0 Å². The molecule has 2 N–H and O–H groups in total. The minimum absolute atomic E-state index is 0.103. The summed E-state index contributed by atoms with van der Waals surface area (Å²) >= 11 is 0. The van der Waals surface area contributed by atoms with Crippen molar-refractivity contribution < 1.29 is 26.7 Å². The van der Waals surface area contributed by atoms with Crippen LogP contribution in [0.1, 0.15) is 49.7 Å². The summed E-state index contributed by atoms with van der Waals surface area (Å²) in [5.41, 5.74) is 2.29. The van der Waals surface area contributed by atoms with E-state index >= 15 is 0 Å². The Morgan fingerprint density at radius 2 is 1.68 bits per heavy atom. The highest BCUT2D eigenvalue weighted by Crippen LogP contribution is 2.37. The lowest BCUT2D eigenvalue weighted by Crippen LogP contribution is -2.22. The fraction of sp³-hybridized carbons (Fsp3) is 0.480. The average Bonchev–Trinajstić information content (AvgIpc) is 3.34. The van der Waals surface area contributed by atoms with E-state index in [1.165, 1.54) is 12.1 Å². The minimum Gasteiger partial charge on any atom is -0.379 e. The summed E-state index contributed by atoms with van der Waals surface area (Å²) in [6.45, 7) is 0.999. The lowest BCUT2D eigenvalue weighted by atomic mass is 10.1. The molecule has 186 valence electrons. The molecule has 3 rings (SSSR count). The number of nitrogens with zero attached hydrogens (tertiary/aromatic N) is 1. The van der Waals surface area contributed by atoms with Crippen molar-refractivity contribution in [2.45, 2.75) is 57.4 Å². The molecule has 2 aromatic carbocycles. The number of hydrogen-bond donors (Lipinski definition) is 2. The number of carbonyl (C=O) groups excluding carboxylic acids is 1. The molecule has 0 aliphatic carbocycles. The molecule has 1 fully saturated rings. The molecule has 2 aromatic rings. The Kier molecular flexibility index (Phi) is 9.12. The van der Waals surface area contributed by atoms with Crippen LogP contribution < -0.4 is 15.5 Å². The molecular formula is C25H30F5N3O. The Morgan fingerprint density at radius 3 is 2.32 bits per heavy atom. The summed E-state index contributed by atoms with van der Waals surface area (Å²) < 4.78 is 63.6. The highest BCUT2D eigenvalue weighted by Gasteiger charge is 2.30. The van der Waals surface area contributed by atoms with Gasteiger partial charge in [-0.25, -0.2) is 8.78 Å². The number of para-hydroxylation sites is 1. The minimum atomic E-state index is -4.37. The molecule has 1 aliphatic rings. The van der Waals surface area contributed by atoms with E-state index in [-0.39, 0.29) is 18.7 Å². The number of unbranched alkanes of at least 4 members (excludes halogenated alkanes) is 1. The summed E-state index contributed by atoms with van der Waals surface area (Å²) in [7, 11) is 0. The van der Waals surface area contributed by atoms with Crippen molar-refractivity contribution in [1.82, 2.24) is 0 Å². The monoisotopic (exact) mass is 483 g/mol. The Labute approximate surface area is 196 Å². The number of carbonyl (C=O) groups is 1. The molecular weight excluding hydrogens is 453 g/mol. The van der Waals surface area contributed by atoms with Crippen molar-refractivity contribution in [3.63, 3.8) is 0 Å². The molecule has 1 atom stereocenters. The maximum atomic E-state index is 13.0. The number of amides is 1. The fourth-order valence-corrected chi connectivity index (χ4v) is 4.02. The van der Waals surface area contributed by atoms with Crippen molar-refractivity contribution in [2.24, 2.45) is 0 Å². The molecule has 0 bridgehead atoms. The fourth-order valence-electron chi connectivity index (χ4n) is 4.02. The van der Waals surface area contributed by atoms with Gasteiger partial charge in [0.2, 0.25) is 5.91 Å². The standard InChI is InChI=1S/C25H30F5N3O/c26-16-20(27)6-1-2-9-23(34)32-22-8-5-7-21(24(22)33-14-3-4-15-33)31-17-18-10-12-19(13-11-18)25(28,29)30/h5,7-8,10-13,20,31H,1-4,6,9,14-17H2,(H,32,34). The van der Waals surface area contributed by atoms with Gasteiger partial charge in [0.05, 0.1) is 22.6 Å². The van der Waals surface area contributed by atoms with Crippen molar-refractivity contribution in [3.8, 4) is 0 Å². The molecule has 0 radical (unpaired) electrons. The topological polar surface area (TPSA) is 44.4 Å². The highest BCUT2D eigenvalue weighted by molar-refractivity contribution is 5.97. The normalized spacial score (nSPS) is 14.8. The van der Waals surface area contributed by atoms with Gasteiger partial charge in [0.1, 0.15) is 12.8 Å². The summed E-state index contributed by atoms with van der Waals surface area (Å²) in [6.07, 6.45) is -2.57. The Balaban J connectivity index is 1.67.